The first-order valence-electron chi connectivity index (χ1n) is 16.8. The van der Waals surface area contributed by atoms with Gasteiger partial charge in [-0.05, 0) is 40.5 Å². The van der Waals surface area contributed by atoms with Gasteiger partial charge >= 0.3 is 0 Å². The van der Waals surface area contributed by atoms with Crippen molar-refractivity contribution in [3.05, 3.63) is 40.9 Å². The van der Waals surface area contributed by atoms with Crippen LogP contribution in [0.2, 0.25) is 0 Å². The molecule has 6 rings (SSSR count). The molecule has 0 unspecified atom stereocenters. The number of sulfonamides is 1. The van der Waals surface area contributed by atoms with E-state index >= 15 is 4.39 Å². The van der Waals surface area contributed by atoms with Gasteiger partial charge in [0.1, 0.15) is 17.3 Å². The van der Waals surface area contributed by atoms with Gasteiger partial charge in [-0.3, -0.25) is 9.21 Å². The largest absolute Gasteiger partial charge is 0.494 e. The smallest absolute Gasteiger partial charge is 0.232 e. The molecule has 2 aromatic rings. The van der Waals surface area contributed by atoms with Crippen molar-refractivity contribution in [1.82, 2.24) is 9.80 Å². The maximum atomic E-state index is 15.5. The molecule has 0 radical (unpaired) electrons. The highest BCUT2D eigenvalue weighted by Gasteiger charge is 2.29. The Morgan fingerprint density at radius 3 is 2.36 bits per heavy atom. The van der Waals surface area contributed by atoms with Crippen LogP contribution in [-0.2, 0) is 10.0 Å². The van der Waals surface area contributed by atoms with Gasteiger partial charge < -0.3 is 34.6 Å². The van der Waals surface area contributed by atoms with Gasteiger partial charge in [0, 0.05) is 82.5 Å². The number of hydrogen-bond donors (Lipinski definition) is 2. The second kappa shape index (κ2) is 16.5. The molecule has 0 saturated carbocycles. The number of halogens is 2. The Morgan fingerprint density at radius 2 is 1.76 bits per heavy atom. The zero-order valence-electron chi connectivity index (χ0n) is 29.5. The van der Waals surface area contributed by atoms with Gasteiger partial charge in [-0.15, -0.1) is 0 Å². The third kappa shape index (κ3) is 8.92. The number of allylic oxidation sites excluding steroid dienone is 1. The number of likely N-dealkylation sites (N-methyl/N-ethyl adjacent to an activating group) is 1. The maximum absolute atomic E-state index is 15.5. The Kier molecular flexibility index (Phi) is 12.4. The zero-order chi connectivity index (χ0) is 36.0. The molecule has 50 heavy (non-hydrogen) atoms. The predicted molar refractivity (Wildman–Crippen MR) is 200 cm³/mol. The topological polar surface area (TPSA) is 124 Å². The first-order valence-corrected chi connectivity index (χ1v) is 19.1. The second-order valence-corrected chi connectivity index (χ2v) is 15.1. The van der Waals surface area contributed by atoms with Crippen LogP contribution in [0.1, 0.15) is 33.1 Å². The number of guanidine groups is 1. The molecule has 274 valence electrons. The summed E-state index contributed by atoms with van der Waals surface area (Å²) in [5, 5.41) is 6.38. The van der Waals surface area contributed by atoms with E-state index in [-0.39, 0.29) is 53.7 Å². The molecule has 2 aromatic carbocycles. The first-order chi connectivity index (χ1) is 23.9. The summed E-state index contributed by atoms with van der Waals surface area (Å²) >= 11 is 6.48. The lowest BCUT2D eigenvalue weighted by atomic mass is 10.0. The van der Waals surface area contributed by atoms with Gasteiger partial charge in [0.05, 0.1) is 54.4 Å². The monoisotopic (exact) mass is 734 g/mol. The quantitative estimate of drug-likeness (QED) is 0.392. The number of ether oxygens (including phenoxy) is 3. The molecule has 0 aliphatic carbocycles. The first kappa shape index (κ1) is 37.5. The van der Waals surface area contributed by atoms with Crippen LogP contribution < -0.4 is 34.0 Å². The molecular weight excluding hydrogens is 687 g/mol. The van der Waals surface area contributed by atoms with Crippen molar-refractivity contribution in [3.63, 3.8) is 0 Å². The number of piperazine rings is 1. The Labute approximate surface area is 299 Å². The van der Waals surface area contributed by atoms with Gasteiger partial charge in [0.15, 0.2) is 11.6 Å². The van der Waals surface area contributed by atoms with Crippen molar-refractivity contribution in [2.24, 2.45) is 9.98 Å². The zero-order valence-corrected chi connectivity index (χ0v) is 31.0. The van der Waals surface area contributed by atoms with Crippen molar-refractivity contribution in [1.29, 1.82) is 0 Å². The Bertz CT molecular complexity index is 1710. The molecule has 4 bridgehead atoms. The Morgan fingerprint density at radius 1 is 1.08 bits per heavy atom. The summed E-state index contributed by atoms with van der Waals surface area (Å²) in [4.78, 5) is 16.0. The number of nitrogens with one attached hydrogen (secondary N) is 2. The lowest BCUT2D eigenvalue weighted by Gasteiger charge is -2.42. The summed E-state index contributed by atoms with van der Waals surface area (Å²) in [6.45, 7) is 13.5. The molecule has 0 aromatic heterocycles. The molecule has 0 amide bonds. The van der Waals surface area contributed by atoms with Crippen molar-refractivity contribution in [3.8, 4) is 17.2 Å². The molecule has 16 heteroatoms. The number of nitrogens with zero attached hydrogens (tertiary/aromatic N) is 6. The molecule has 2 saturated heterocycles. The number of benzene rings is 2. The minimum Gasteiger partial charge on any atom is -0.494 e. The maximum Gasteiger partial charge on any atom is 0.232 e. The molecule has 0 spiro atoms. The third-order valence-electron chi connectivity index (χ3n) is 9.14. The van der Waals surface area contributed by atoms with E-state index in [0.717, 1.165) is 74.4 Å². The van der Waals surface area contributed by atoms with Crippen LogP contribution >= 0.6 is 11.6 Å². The van der Waals surface area contributed by atoms with E-state index in [1.807, 2.05) is 12.1 Å². The fourth-order valence-corrected chi connectivity index (χ4v) is 7.52. The lowest BCUT2D eigenvalue weighted by Crippen LogP contribution is -2.52. The summed E-state index contributed by atoms with van der Waals surface area (Å²) in [5.41, 5.74) is 1.70. The second-order valence-electron chi connectivity index (χ2n) is 12.6. The van der Waals surface area contributed by atoms with E-state index in [0.29, 0.717) is 29.6 Å². The average Bonchev–Trinajstić information content (AvgIpc) is 3.08. The minimum absolute atomic E-state index is 0.0549. The highest BCUT2D eigenvalue weighted by molar-refractivity contribution is 7.92. The molecule has 4 aliphatic heterocycles. The van der Waals surface area contributed by atoms with Crippen molar-refractivity contribution < 1.29 is 27.0 Å². The molecule has 0 atom stereocenters. The fraction of sp³-hybridized carbons (Fsp3) is 0.529. The van der Waals surface area contributed by atoms with E-state index in [4.69, 9.17) is 25.8 Å². The molecule has 4 aliphatic rings. The highest BCUT2D eigenvalue weighted by Crippen LogP contribution is 2.41. The number of anilines is 4. The Balaban J connectivity index is 1.49. The average molecular weight is 735 g/mol. The summed E-state index contributed by atoms with van der Waals surface area (Å²) in [5.74, 6) is 0.517. The number of fused-ring (bicyclic) bond motifs is 9. The number of piperidine rings is 1. The fourth-order valence-electron chi connectivity index (χ4n) is 6.45. The van der Waals surface area contributed by atoms with Crippen molar-refractivity contribution >= 4 is 57.1 Å². The van der Waals surface area contributed by atoms with Crippen LogP contribution in [0.25, 0.3) is 0 Å². The minimum atomic E-state index is -3.75. The normalized spacial score (nSPS) is 19.7. The van der Waals surface area contributed by atoms with E-state index in [1.54, 1.807) is 21.0 Å². The van der Waals surface area contributed by atoms with Gasteiger partial charge in [-0.1, -0.05) is 11.6 Å². The van der Waals surface area contributed by atoms with E-state index < -0.39 is 15.8 Å². The molecule has 2 fully saturated rings. The third-order valence-corrected chi connectivity index (χ3v) is 10.6. The molecule has 13 nitrogen and oxygen atoms in total. The number of aliphatic imine (C=N–C) groups is 2. The van der Waals surface area contributed by atoms with E-state index in [1.165, 1.54) is 6.07 Å². The van der Waals surface area contributed by atoms with Crippen LogP contribution in [0.3, 0.4) is 0 Å². The van der Waals surface area contributed by atoms with Crippen molar-refractivity contribution in [2.45, 2.75) is 39.2 Å². The standard InChI is InChI=1S/C34H48ClFN8O5S/c1-7-44(50(6,45)46)28-21-30-25(36)19-26(28)38-33(23(2)35)40-34(37-3)39-27-20-32(49-18-8-17-48-30)29(22-31(27)47-5)43-11-9-24(10-12-43)42-15-13-41(4)14-16-42/h19-22,24,38H,3,7-18H2,1-2,4-6H3,(H,39,40)/b33-23+. The van der Waals surface area contributed by atoms with Crippen LogP contribution in [0.5, 0.6) is 17.2 Å². The van der Waals surface area contributed by atoms with Crippen LogP contribution in [-0.4, -0.2) is 116 Å². The van der Waals surface area contributed by atoms with Gasteiger partial charge in [0.2, 0.25) is 16.0 Å². The Hall–Kier alpha value is -3.79. The molecular formula is C34H48ClFN8O5S. The summed E-state index contributed by atoms with van der Waals surface area (Å²) in [6.07, 6.45) is 3.58. The highest BCUT2D eigenvalue weighted by atomic mass is 35.5. The molecule has 2 N–H and O–H groups in total. The lowest BCUT2D eigenvalue weighted by molar-refractivity contribution is 0.0981. The molecule has 4 heterocycles. The summed E-state index contributed by atoms with van der Waals surface area (Å²) < 4.78 is 60.2. The number of rotatable bonds is 6. The predicted octanol–water partition coefficient (Wildman–Crippen LogP) is 5.01. The van der Waals surface area contributed by atoms with Crippen molar-refractivity contribution in [2.75, 3.05) is 99.3 Å². The SMILES string of the molecule is C=NC1=N/C(=C(\C)Cl)Nc2cc(F)c(cc2N(CC)S(C)(=O)=O)OCCCOc2cc(c(OC)cc2N2CCC(N3CCN(C)CC3)CC2)N1. The number of hydrogen-bond acceptors (Lipinski definition) is 12. The summed E-state index contributed by atoms with van der Waals surface area (Å²) in [6, 6.07) is 6.86. The van der Waals surface area contributed by atoms with Crippen LogP contribution in [0, 0.1) is 5.82 Å². The number of methoxy groups -OCH3 is 1. The van der Waals surface area contributed by atoms with Gasteiger partial charge in [-0.25, -0.2) is 17.8 Å². The summed E-state index contributed by atoms with van der Waals surface area (Å²) in [7, 11) is 0.0141. The van der Waals surface area contributed by atoms with Gasteiger partial charge in [-0.2, -0.15) is 4.99 Å². The van der Waals surface area contributed by atoms with E-state index in [2.05, 4.69) is 49.1 Å². The van der Waals surface area contributed by atoms with E-state index in [9.17, 15) is 8.42 Å². The van der Waals surface area contributed by atoms with Crippen LogP contribution in [0.15, 0.2) is 45.1 Å². The van der Waals surface area contributed by atoms with Gasteiger partial charge in [0.25, 0.3) is 0 Å². The van der Waals surface area contributed by atoms with Crippen LogP contribution in [0.4, 0.5) is 27.1 Å².